The van der Waals surface area contributed by atoms with Crippen LogP contribution in [-0.4, -0.2) is 36.5 Å². The van der Waals surface area contributed by atoms with E-state index in [1.54, 1.807) is 11.3 Å². The highest BCUT2D eigenvalue weighted by Gasteiger charge is 2.07. The van der Waals surface area contributed by atoms with Crippen molar-refractivity contribution in [2.24, 2.45) is 0 Å². The molecule has 1 aromatic rings. The molecule has 0 aliphatic carbocycles. The lowest BCUT2D eigenvalue weighted by Crippen LogP contribution is -2.24. The highest BCUT2D eigenvalue weighted by atomic mass is 32.1. The van der Waals surface area contributed by atoms with Gasteiger partial charge in [0.15, 0.2) is 0 Å². The summed E-state index contributed by atoms with van der Waals surface area (Å²) in [7, 11) is 0. The summed E-state index contributed by atoms with van der Waals surface area (Å²) in [4.78, 5) is 4.40. The molecule has 0 aromatic carbocycles. The minimum Gasteiger partial charge on any atom is -0.394 e. The van der Waals surface area contributed by atoms with Crippen molar-refractivity contribution in [3.8, 4) is 0 Å². The number of nitrogens with zero attached hydrogens (tertiary/aromatic N) is 1. The van der Waals surface area contributed by atoms with Gasteiger partial charge in [-0.05, 0) is 13.8 Å². The van der Waals surface area contributed by atoms with Gasteiger partial charge in [0.05, 0.1) is 30.5 Å². The van der Waals surface area contributed by atoms with Gasteiger partial charge in [0.25, 0.3) is 0 Å². The van der Waals surface area contributed by atoms with Crippen molar-refractivity contribution in [3.63, 3.8) is 0 Å². The maximum absolute atomic E-state index is 8.50. The Bertz CT molecular complexity index is 278. The molecule has 0 radical (unpaired) electrons. The second kappa shape index (κ2) is 6.90. The second-order valence-corrected chi connectivity index (χ2v) is 4.37. The highest BCUT2D eigenvalue weighted by molar-refractivity contribution is 7.09. The molecule has 0 spiro atoms. The lowest BCUT2D eigenvalue weighted by atomic mass is 10.2. The lowest BCUT2D eigenvalue weighted by molar-refractivity contribution is 0.0928. The number of hydrogen-bond donors (Lipinski definition) is 2. The number of aliphatic hydroxyl groups excluding tert-OH is 1. The zero-order chi connectivity index (χ0) is 11.1. The van der Waals surface area contributed by atoms with Crippen molar-refractivity contribution in [3.05, 3.63) is 16.1 Å². The van der Waals surface area contributed by atoms with Gasteiger partial charge in [-0.25, -0.2) is 4.98 Å². The van der Waals surface area contributed by atoms with E-state index >= 15 is 0 Å². The van der Waals surface area contributed by atoms with Crippen molar-refractivity contribution >= 4 is 11.3 Å². The summed E-state index contributed by atoms with van der Waals surface area (Å²) in [5.41, 5.74) is 1.08. The third kappa shape index (κ3) is 4.70. The minimum absolute atomic E-state index is 0.0842. The smallest absolute Gasteiger partial charge is 0.0898 e. The molecule has 0 saturated heterocycles. The average molecular weight is 230 g/mol. The van der Waals surface area contributed by atoms with E-state index in [4.69, 9.17) is 9.84 Å². The zero-order valence-corrected chi connectivity index (χ0v) is 10.0. The number of rotatable bonds is 7. The molecule has 4 nitrogen and oxygen atoms in total. The monoisotopic (exact) mass is 230 g/mol. The van der Waals surface area contributed by atoms with Crippen LogP contribution in [0, 0.1) is 6.92 Å². The van der Waals surface area contributed by atoms with Crippen molar-refractivity contribution in [2.45, 2.75) is 19.9 Å². The normalized spacial score (nSPS) is 13.0. The number of nitrogens with one attached hydrogen (secondary N) is 1. The van der Waals surface area contributed by atoms with Crippen LogP contribution < -0.4 is 5.32 Å². The Morgan fingerprint density at radius 2 is 2.40 bits per heavy atom. The van der Waals surface area contributed by atoms with E-state index < -0.39 is 0 Å². The van der Waals surface area contributed by atoms with Gasteiger partial charge in [0, 0.05) is 18.0 Å². The molecule has 1 rings (SSSR count). The van der Waals surface area contributed by atoms with Gasteiger partial charge in [-0.3, -0.25) is 0 Å². The van der Waals surface area contributed by atoms with Gasteiger partial charge in [0.1, 0.15) is 0 Å². The van der Waals surface area contributed by atoms with Crippen molar-refractivity contribution in [1.82, 2.24) is 10.3 Å². The van der Waals surface area contributed by atoms with Gasteiger partial charge in [0.2, 0.25) is 0 Å². The van der Waals surface area contributed by atoms with Crippen molar-refractivity contribution < 1.29 is 9.84 Å². The van der Waals surface area contributed by atoms with E-state index in [-0.39, 0.29) is 12.6 Å². The van der Waals surface area contributed by atoms with E-state index in [1.165, 1.54) is 0 Å². The van der Waals surface area contributed by atoms with Crippen LogP contribution >= 0.6 is 11.3 Å². The molecule has 0 saturated carbocycles. The minimum atomic E-state index is 0.0842. The molecular weight excluding hydrogens is 212 g/mol. The first-order valence-corrected chi connectivity index (χ1v) is 5.96. The largest absolute Gasteiger partial charge is 0.394 e. The number of aryl methyl sites for hydroxylation is 1. The quantitative estimate of drug-likeness (QED) is 0.689. The Morgan fingerprint density at radius 1 is 1.60 bits per heavy atom. The number of ether oxygens (including phenoxy) is 1. The summed E-state index contributed by atoms with van der Waals surface area (Å²) in [5.74, 6) is 0. The number of hydrogen-bond acceptors (Lipinski definition) is 5. The average Bonchev–Trinajstić information content (AvgIpc) is 2.64. The Kier molecular flexibility index (Phi) is 5.78. The van der Waals surface area contributed by atoms with E-state index in [9.17, 15) is 0 Å². The molecule has 0 amide bonds. The predicted octanol–water partition coefficient (Wildman–Crippen LogP) is 1.11. The van der Waals surface area contributed by atoms with Gasteiger partial charge in [-0.2, -0.15) is 0 Å². The van der Waals surface area contributed by atoms with Gasteiger partial charge in [-0.15, -0.1) is 11.3 Å². The molecule has 15 heavy (non-hydrogen) atoms. The molecule has 1 heterocycles. The first-order valence-electron chi connectivity index (χ1n) is 5.08. The Balaban J connectivity index is 2.16. The zero-order valence-electron chi connectivity index (χ0n) is 9.19. The van der Waals surface area contributed by atoms with Crippen LogP contribution in [0.2, 0.25) is 0 Å². The Labute approximate surface area is 94.3 Å². The van der Waals surface area contributed by atoms with Crippen LogP contribution in [0.1, 0.15) is 23.7 Å². The second-order valence-electron chi connectivity index (χ2n) is 3.30. The summed E-state index contributed by atoms with van der Waals surface area (Å²) in [6.45, 7) is 5.98. The molecule has 0 fully saturated rings. The molecule has 2 N–H and O–H groups in total. The third-order valence-corrected chi connectivity index (χ3v) is 2.80. The van der Waals surface area contributed by atoms with Gasteiger partial charge in [-0.1, -0.05) is 0 Å². The molecule has 1 aromatic heterocycles. The van der Waals surface area contributed by atoms with Crippen LogP contribution in [0.15, 0.2) is 5.38 Å². The van der Waals surface area contributed by atoms with Crippen LogP contribution in [0.4, 0.5) is 0 Å². The Morgan fingerprint density at radius 3 is 3.00 bits per heavy atom. The molecule has 5 heteroatoms. The van der Waals surface area contributed by atoms with Crippen LogP contribution in [0.5, 0.6) is 0 Å². The third-order valence-electron chi connectivity index (χ3n) is 2.01. The molecular formula is C10H18N2O2S. The SMILES string of the molecule is Cc1nc(C(C)NCCOCCO)cs1. The van der Waals surface area contributed by atoms with Crippen LogP contribution in [0.25, 0.3) is 0 Å². The molecule has 0 aliphatic heterocycles. The number of aromatic nitrogens is 1. The summed E-state index contributed by atoms with van der Waals surface area (Å²) < 4.78 is 5.14. The predicted molar refractivity (Wildman–Crippen MR) is 61.2 cm³/mol. The highest BCUT2D eigenvalue weighted by Crippen LogP contribution is 2.15. The van der Waals surface area contributed by atoms with Crippen LogP contribution in [0.3, 0.4) is 0 Å². The first-order chi connectivity index (χ1) is 7.24. The standard InChI is InChI=1S/C10H18N2O2S/c1-8(10-7-15-9(2)12-10)11-3-5-14-6-4-13/h7-8,11,13H,3-6H2,1-2H3. The fourth-order valence-corrected chi connectivity index (χ4v) is 1.90. The molecule has 1 atom stereocenters. The topological polar surface area (TPSA) is 54.4 Å². The van der Waals surface area contributed by atoms with E-state index in [0.717, 1.165) is 17.2 Å². The fourth-order valence-electron chi connectivity index (χ4n) is 1.20. The number of thiazole rings is 1. The molecule has 1 unspecified atom stereocenters. The Hall–Kier alpha value is -0.490. The lowest BCUT2D eigenvalue weighted by Gasteiger charge is -2.11. The fraction of sp³-hybridized carbons (Fsp3) is 0.700. The molecule has 86 valence electrons. The molecule has 0 bridgehead atoms. The molecule has 0 aliphatic rings. The first kappa shape index (κ1) is 12.6. The van der Waals surface area contributed by atoms with Gasteiger partial charge >= 0.3 is 0 Å². The number of aliphatic hydroxyl groups is 1. The van der Waals surface area contributed by atoms with Crippen molar-refractivity contribution in [1.29, 1.82) is 0 Å². The van der Waals surface area contributed by atoms with Gasteiger partial charge < -0.3 is 15.2 Å². The van der Waals surface area contributed by atoms with E-state index in [1.807, 2.05) is 6.92 Å². The summed E-state index contributed by atoms with van der Waals surface area (Å²) >= 11 is 1.66. The van der Waals surface area contributed by atoms with Crippen LogP contribution in [-0.2, 0) is 4.74 Å². The van der Waals surface area contributed by atoms with Crippen molar-refractivity contribution in [2.75, 3.05) is 26.4 Å². The maximum Gasteiger partial charge on any atom is 0.0898 e. The summed E-state index contributed by atoms with van der Waals surface area (Å²) in [6, 6.07) is 0.257. The van der Waals surface area contributed by atoms with E-state index in [0.29, 0.717) is 13.2 Å². The summed E-state index contributed by atoms with van der Waals surface area (Å²) in [5, 5.41) is 15.0. The van der Waals surface area contributed by atoms with E-state index in [2.05, 4.69) is 22.6 Å². The maximum atomic E-state index is 8.50. The summed E-state index contributed by atoms with van der Waals surface area (Å²) in [6.07, 6.45) is 0.